The van der Waals surface area contributed by atoms with Gasteiger partial charge in [-0.15, -0.1) is 0 Å². The summed E-state index contributed by atoms with van der Waals surface area (Å²) in [4.78, 5) is 11.5. The predicted molar refractivity (Wildman–Crippen MR) is 67.2 cm³/mol. The van der Waals surface area contributed by atoms with E-state index in [9.17, 15) is 4.79 Å². The van der Waals surface area contributed by atoms with Crippen LogP contribution in [0.2, 0.25) is 0 Å². The van der Waals surface area contributed by atoms with Gasteiger partial charge in [0.15, 0.2) is 0 Å². The summed E-state index contributed by atoms with van der Waals surface area (Å²) in [6.07, 6.45) is 0. The second kappa shape index (κ2) is 6.67. The van der Waals surface area contributed by atoms with Crippen molar-refractivity contribution in [2.45, 2.75) is 6.61 Å². The Morgan fingerprint density at radius 2 is 2.00 bits per heavy atom. The standard InChI is InChI=1S/C12H17N3O2/c1-9(6-13)14-7-12(17)15-11-4-2-10(8-16)3-5-11/h2-5,14,16H,1,6-8,13H2,(H,15,17). The van der Waals surface area contributed by atoms with Crippen LogP contribution in [0.25, 0.3) is 0 Å². The number of carbonyl (C=O) groups is 1. The highest BCUT2D eigenvalue weighted by molar-refractivity contribution is 5.92. The number of hydrogen-bond acceptors (Lipinski definition) is 4. The van der Waals surface area contributed by atoms with Crippen molar-refractivity contribution in [1.82, 2.24) is 5.32 Å². The van der Waals surface area contributed by atoms with Gasteiger partial charge >= 0.3 is 0 Å². The van der Waals surface area contributed by atoms with Crippen LogP contribution in [0.4, 0.5) is 5.69 Å². The number of hydrogen-bond donors (Lipinski definition) is 4. The zero-order valence-electron chi connectivity index (χ0n) is 9.57. The first-order valence-corrected chi connectivity index (χ1v) is 5.27. The SMILES string of the molecule is C=C(CN)NCC(=O)Nc1ccc(CO)cc1. The number of anilines is 1. The molecule has 1 aromatic rings. The van der Waals surface area contributed by atoms with Gasteiger partial charge in [0.2, 0.25) is 5.91 Å². The number of carbonyl (C=O) groups excluding carboxylic acids is 1. The lowest BCUT2D eigenvalue weighted by Crippen LogP contribution is -2.29. The molecule has 0 aliphatic rings. The molecule has 1 rings (SSSR count). The van der Waals surface area contributed by atoms with Crippen LogP contribution >= 0.6 is 0 Å². The Kier molecular flexibility index (Phi) is 5.19. The van der Waals surface area contributed by atoms with E-state index < -0.39 is 0 Å². The molecule has 0 saturated heterocycles. The molecule has 0 spiro atoms. The Bertz CT molecular complexity index is 387. The molecule has 5 heteroatoms. The summed E-state index contributed by atoms with van der Waals surface area (Å²) >= 11 is 0. The fraction of sp³-hybridized carbons (Fsp3) is 0.250. The number of aliphatic hydroxyl groups is 1. The van der Waals surface area contributed by atoms with Crippen LogP contribution in [0.15, 0.2) is 36.5 Å². The van der Waals surface area contributed by atoms with Crippen molar-refractivity contribution in [3.8, 4) is 0 Å². The summed E-state index contributed by atoms with van der Waals surface area (Å²) in [6, 6.07) is 6.98. The molecule has 1 amide bonds. The zero-order chi connectivity index (χ0) is 12.7. The van der Waals surface area contributed by atoms with Crippen LogP contribution < -0.4 is 16.4 Å². The average molecular weight is 235 g/mol. The van der Waals surface area contributed by atoms with E-state index in [1.165, 1.54) is 0 Å². The molecule has 0 radical (unpaired) electrons. The smallest absolute Gasteiger partial charge is 0.243 e. The van der Waals surface area contributed by atoms with Crippen molar-refractivity contribution < 1.29 is 9.90 Å². The minimum Gasteiger partial charge on any atom is -0.392 e. The van der Waals surface area contributed by atoms with Crippen LogP contribution in [0.3, 0.4) is 0 Å². The molecule has 0 aromatic heterocycles. The zero-order valence-corrected chi connectivity index (χ0v) is 9.57. The molecular formula is C12H17N3O2. The van der Waals surface area contributed by atoms with Gasteiger partial charge in [-0.25, -0.2) is 0 Å². The third-order valence-corrected chi connectivity index (χ3v) is 2.17. The molecule has 5 nitrogen and oxygen atoms in total. The molecule has 0 bridgehead atoms. The van der Waals surface area contributed by atoms with Crippen molar-refractivity contribution in [3.63, 3.8) is 0 Å². The van der Waals surface area contributed by atoms with Gasteiger partial charge in [0, 0.05) is 17.9 Å². The summed E-state index contributed by atoms with van der Waals surface area (Å²) in [5.41, 5.74) is 7.44. The molecule has 0 aliphatic heterocycles. The highest BCUT2D eigenvalue weighted by Gasteiger charge is 2.02. The normalized spacial score (nSPS) is 9.76. The fourth-order valence-corrected chi connectivity index (χ4v) is 1.18. The highest BCUT2D eigenvalue weighted by atomic mass is 16.3. The highest BCUT2D eigenvalue weighted by Crippen LogP contribution is 2.08. The van der Waals surface area contributed by atoms with Gasteiger partial charge in [0.05, 0.1) is 13.2 Å². The summed E-state index contributed by atoms with van der Waals surface area (Å²) in [7, 11) is 0. The number of aliphatic hydroxyl groups excluding tert-OH is 1. The number of nitrogens with two attached hydrogens (primary N) is 1. The van der Waals surface area contributed by atoms with Crippen LogP contribution in [-0.4, -0.2) is 24.1 Å². The Morgan fingerprint density at radius 3 is 2.53 bits per heavy atom. The van der Waals surface area contributed by atoms with Crippen molar-refractivity contribution >= 4 is 11.6 Å². The second-order valence-electron chi connectivity index (χ2n) is 3.56. The first-order chi connectivity index (χ1) is 8.15. The van der Waals surface area contributed by atoms with Crippen molar-refractivity contribution in [3.05, 3.63) is 42.1 Å². The third kappa shape index (κ3) is 4.67. The molecule has 1 aromatic carbocycles. The Morgan fingerprint density at radius 1 is 1.35 bits per heavy atom. The molecule has 0 aliphatic carbocycles. The molecule has 17 heavy (non-hydrogen) atoms. The fourth-order valence-electron chi connectivity index (χ4n) is 1.18. The van der Waals surface area contributed by atoms with Gasteiger partial charge in [0.1, 0.15) is 0 Å². The summed E-state index contributed by atoms with van der Waals surface area (Å²) in [5, 5.41) is 14.4. The quantitative estimate of drug-likeness (QED) is 0.566. The van der Waals surface area contributed by atoms with Crippen LogP contribution in [-0.2, 0) is 11.4 Å². The van der Waals surface area contributed by atoms with Gasteiger partial charge in [-0.05, 0) is 17.7 Å². The summed E-state index contributed by atoms with van der Waals surface area (Å²) in [5.74, 6) is -0.170. The molecule has 5 N–H and O–H groups in total. The largest absolute Gasteiger partial charge is 0.392 e. The molecule has 0 saturated carbocycles. The molecular weight excluding hydrogens is 218 g/mol. The van der Waals surface area contributed by atoms with Crippen LogP contribution in [0, 0.1) is 0 Å². The van der Waals surface area contributed by atoms with Gasteiger partial charge in [-0.1, -0.05) is 18.7 Å². The van der Waals surface area contributed by atoms with E-state index in [1.807, 2.05) is 0 Å². The van der Waals surface area contributed by atoms with Crippen molar-refractivity contribution in [1.29, 1.82) is 0 Å². The van der Waals surface area contributed by atoms with Crippen LogP contribution in [0.1, 0.15) is 5.56 Å². The van der Waals surface area contributed by atoms with Gasteiger partial charge in [0.25, 0.3) is 0 Å². The Balaban J connectivity index is 2.42. The molecule has 92 valence electrons. The van der Waals surface area contributed by atoms with E-state index in [4.69, 9.17) is 10.8 Å². The lowest BCUT2D eigenvalue weighted by molar-refractivity contribution is -0.115. The van der Waals surface area contributed by atoms with E-state index in [1.54, 1.807) is 24.3 Å². The van der Waals surface area contributed by atoms with Gasteiger partial charge in [-0.2, -0.15) is 0 Å². The van der Waals surface area contributed by atoms with Crippen LogP contribution in [0.5, 0.6) is 0 Å². The van der Waals surface area contributed by atoms with E-state index >= 15 is 0 Å². The van der Waals surface area contributed by atoms with Gasteiger partial charge < -0.3 is 21.5 Å². The first-order valence-electron chi connectivity index (χ1n) is 5.27. The molecule has 0 heterocycles. The summed E-state index contributed by atoms with van der Waals surface area (Å²) in [6.45, 7) is 4.06. The third-order valence-electron chi connectivity index (χ3n) is 2.17. The minimum atomic E-state index is -0.170. The second-order valence-corrected chi connectivity index (χ2v) is 3.56. The van der Waals surface area contributed by atoms with Gasteiger partial charge in [-0.3, -0.25) is 4.79 Å². The lowest BCUT2D eigenvalue weighted by Gasteiger charge is -2.08. The summed E-state index contributed by atoms with van der Waals surface area (Å²) < 4.78 is 0. The predicted octanol–water partition coefficient (Wildman–Crippen LogP) is 0.179. The van der Waals surface area contributed by atoms with E-state index in [2.05, 4.69) is 17.2 Å². The lowest BCUT2D eigenvalue weighted by atomic mass is 10.2. The van der Waals surface area contributed by atoms with E-state index in [0.717, 1.165) is 5.56 Å². The maximum atomic E-state index is 11.5. The topological polar surface area (TPSA) is 87.4 Å². The van der Waals surface area contributed by atoms with E-state index in [0.29, 0.717) is 17.9 Å². The number of nitrogens with one attached hydrogen (secondary N) is 2. The molecule has 0 fully saturated rings. The number of rotatable bonds is 6. The monoisotopic (exact) mass is 235 g/mol. The number of amides is 1. The molecule has 0 unspecified atom stereocenters. The number of benzene rings is 1. The van der Waals surface area contributed by atoms with Crippen molar-refractivity contribution in [2.24, 2.45) is 5.73 Å². The minimum absolute atomic E-state index is 0.00783. The average Bonchev–Trinajstić information content (AvgIpc) is 2.36. The Hall–Kier alpha value is -1.85. The first kappa shape index (κ1) is 13.2. The molecule has 0 atom stereocenters. The maximum Gasteiger partial charge on any atom is 0.243 e. The van der Waals surface area contributed by atoms with Crippen molar-refractivity contribution in [2.75, 3.05) is 18.4 Å². The maximum absolute atomic E-state index is 11.5. The Labute approximate surface area is 100 Å². The van der Waals surface area contributed by atoms with E-state index in [-0.39, 0.29) is 19.1 Å².